The molecule has 2 rings (SSSR count). The van der Waals surface area contributed by atoms with Gasteiger partial charge in [-0.3, -0.25) is 4.98 Å². The summed E-state index contributed by atoms with van der Waals surface area (Å²) >= 11 is 0. The maximum Gasteiger partial charge on any atom is 0.410 e. The monoisotopic (exact) mass is 312 g/mol. The molecule has 1 aromatic rings. The van der Waals surface area contributed by atoms with Crippen molar-refractivity contribution in [2.75, 3.05) is 13.6 Å². The zero-order valence-electron chi connectivity index (χ0n) is 13.4. The van der Waals surface area contributed by atoms with Gasteiger partial charge in [0.05, 0.1) is 5.69 Å². The zero-order chi connectivity index (χ0) is 16.5. The van der Waals surface area contributed by atoms with Crippen LogP contribution in [0.3, 0.4) is 0 Å². The highest BCUT2D eigenvalue weighted by Crippen LogP contribution is 2.46. The quantitative estimate of drug-likeness (QED) is 0.858. The summed E-state index contributed by atoms with van der Waals surface area (Å²) in [5, 5.41) is 0. The van der Waals surface area contributed by atoms with E-state index in [1.165, 1.54) is 23.2 Å². The van der Waals surface area contributed by atoms with Gasteiger partial charge in [0.1, 0.15) is 17.6 Å². The molecule has 1 aliphatic carbocycles. The number of halogens is 2. The minimum Gasteiger partial charge on any atom is -0.444 e. The Morgan fingerprint density at radius 1 is 1.50 bits per heavy atom. The number of hydrogen-bond acceptors (Lipinski definition) is 3. The topological polar surface area (TPSA) is 42.4 Å². The standard InChI is InChI=1S/C16H22F2N2O2/c1-15(2,3)22-14(21)20(4)10-16(8-11(17)9-16)13-12(18)6-5-7-19-13/h5-7,11H,8-10H2,1-4H3. The SMILES string of the molecule is CN(CC1(c2ncccc2F)CC(F)C1)C(=O)OC(C)(C)C. The summed E-state index contributed by atoms with van der Waals surface area (Å²) in [6, 6.07) is 2.80. The number of carbonyl (C=O) groups excluding carboxylic acids is 1. The van der Waals surface area contributed by atoms with Crippen LogP contribution in [0.4, 0.5) is 13.6 Å². The highest BCUT2D eigenvalue weighted by atomic mass is 19.1. The van der Waals surface area contributed by atoms with E-state index in [0.29, 0.717) is 0 Å². The van der Waals surface area contributed by atoms with Crippen molar-refractivity contribution in [3.63, 3.8) is 0 Å². The van der Waals surface area contributed by atoms with E-state index in [2.05, 4.69) is 4.98 Å². The fraction of sp³-hybridized carbons (Fsp3) is 0.625. The molecule has 6 heteroatoms. The van der Waals surface area contributed by atoms with Gasteiger partial charge < -0.3 is 9.64 Å². The second kappa shape index (κ2) is 5.82. The van der Waals surface area contributed by atoms with E-state index in [1.807, 2.05) is 0 Å². The normalized spacial score (nSPS) is 24.5. The van der Waals surface area contributed by atoms with Crippen molar-refractivity contribution in [3.8, 4) is 0 Å². The van der Waals surface area contributed by atoms with Crippen molar-refractivity contribution in [1.82, 2.24) is 9.88 Å². The lowest BCUT2D eigenvalue weighted by atomic mass is 9.64. The summed E-state index contributed by atoms with van der Waals surface area (Å²) in [7, 11) is 1.57. The van der Waals surface area contributed by atoms with Crippen LogP contribution in [0.1, 0.15) is 39.3 Å². The maximum atomic E-state index is 14.0. The first-order chi connectivity index (χ1) is 10.1. The van der Waals surface area contributed by atoms with Crippen molar-refractivity contribution in [3.05, 3.63) is 29.8 Å². The number of ether oxygens (including phenoxy) is 1. The molecule has 0 aliphatic heterocycles. The summed E-state index contributed by atoms with van der Waals surface area (Å²) in [5.41, 5.74) is -1.17. The molecule has 0 N–H and O–H groups in total. The lowest BCUT2D eigenvalue weighted by Gasteiger charge is -2.45. The van der Waals surface area contributed by atoms with E-state index in [4.69, 9.17) is 4.74 Å². The van der Waals surface area contributed by atoms with Gasteiger partial charge in [-0.15, -0.1) is 0 Å². The van der Waals surface area contributed by atoms with Gasteiger partial charge >= 0.3 is 6.09 Å². The molecule has 1 aromatic heterocycles. The van der Waals surface area contributed by atoms with Gasteiger partial charge in [-0.2, -0.15) is 0 Å². The predicted octanol–water partition coefficient (Wildman–Crippen LogP) is 3.46. The van der Waals surface area contributed by atoms with E-state index >= 15 is 0 Å². The number of amides is 1. The molecule has 22 heavy (non-hydrogen) atoms. The molecule has 1 heterocycles. The van der Waals surface area contributed by atoms with Crippen LogP contribution < -0.4 is 0 Å². The zero-order valence-corrected chi connectivity index (χ0v) is 13.4. The lowest BCUT2D eigenvalue weighted by molar-refractivity contribution is 0.0105. The Labute approximate surface area is 129 Å². The molecule has 0 aromatic carbocycles. The van der Waals surface area contributed by atoms with Gasteiger partial charge in [0.15, 0.2) is 0 Å². The Bertz CT molecular complexity index is 551. The summed E-state index contributed by atoms with van der Waals surface area (Å²) < 4.78 is 32.8. The Morgan fingerprint density at radius 3 is 2.64 bits per heavy atom. The average Bonchev–Trinajstić information content (AvgIpc) is 2.35. The van der Waals surface area contributed by atoms with Gasteiger partial charge in [0.25, 0.3) is 0 Å². The maximum absolute atomic E-state index is 14.0. The van der Waals surface area contributed by atoms with Crippen molar-refractivity contribution in [2.24, 2.45) is 0 Å². The number of nitrogens with zero attached hydrogens (tertiary/aromatic N) is 2. The molecule has 1 amide bonds. The van der Waals surface area contributed by atoms with Gasteiger partial charge in [0.2, 0.25) is 0 Å². The molecule has 0 spiro atoms. The molecule has 0 atom stereocenters. The summed E-state index contributed by atoms with van der Waals surface area (Å²) in [4.78, 5) is 17.5. The van der Waals surface area contributed by atoms with E-state index < -0.39 is 29.1 Å². The Balaban J connectivity index is 2.16. The van der Waals surface area contributed by atoms with E-state index in [-0.39, 0.29) is 25.1 Å². The summed E-state index contributed by atoms with van der Waals surface area (Å²) in [5.74, 6) is -0.466. The minimum absolute atomic E-state index is 0.161. The van der Waals surface area contributed by atoms with Crippen LogP contribution in [0, 0.1) is 5.82 Å². The number of aromatic nitrogens is 1. The van der Waals surface area contributed by atoms with Gasteiger partial charge in [-0.1, -0.05) is 0 Å². The van der Waals surface area contributed by atoms with E-state index in [1.54, 1.807) is 27.8 Å². The fourth-order valence-corrected chi connectivity index (χ4v) is 2.82. The smallest absolute Gasteiger partial charge is 0.410 e. The van der Waals surface area contributed by atoms with Crippen LogP contribution in [0.15, 0.2) is 18.3 Å². The molecular formula is C16H22F2N2O2. The second-order valence-corrected chi connectivity index (χ2v) is 6.96. The Hall–Kier alpha value is -1.72. The Kier molecular flexibility index (Phi) is 4.40. The molecule has 4 nitrogen and oxygen atoms in total. The third-order valence-corrected chi connectivity index (χ3v) is 3.73. The number of likely N-dealkylation sites (N-methyl/N-ethyl adjacent to an activating group) is 1. The van der Waals surface area contributed by atoms with Crippen LogP contribution >= 0.6 is 0 Å². The van der Waals surface area contributed by atoms with Crippen LogP contribution in [0.2, 0.25) is 0 Å². The van der Waals surface area contributed by atoms with Crippen molar-refractivity contribution in [1.29, 1.82) is 0 Å². The molecule has 1 aliphatic rings. The number of carbonyl (C=O) groups is 1. The first-order valence-electron chi connectivity index (χ1n) is 7.32. The molecule has 122 valence electrons. The minimum atomic E-state index is -0.992. The van der Waals surface area contributed by atoms with Crippen LogP contribution in [-0.2, 0) is 10.2 Å². The third kappa shape index (κ3) is 3.54. The molecule has 1 fully saturated rings. The number of alkyl halides is 1. The van der Waals surface area contributed by atoms with Gasteiger partial charge in [-0.25, -0.2) is 13.6 Å². The van der Waals surface area contributed by atoms with E-state index in [0.717, 1.165) is 0 Å². The molecular weight excluding hydrogens is 290 g/mol. The predicted molar refractivity (Wildman–Crippen MR) is 78.9 cm³/mol. The molecule has 0 unspecified atom stereocenters. The number of pyridine rings is 1. The Morgan fingerprint density at radius 2 is 2.14 bits per heavy atom. The molecule has 0 saturated heterocycles. The molecule has 0 bridgehead atoms. The van der Waals surface area contributed by atoms with Crippen molar-refractivity contribution < 1.29 is 18.3 Å². The van der Waals surface area contributed by atoms with E-state index in [9.17, 15) is 13.6 Å². The third-order valence-electron chi connectivity index (χ3n) is 3.73. The van der Waals surface area contributed by atoms with Crippen molar-refractivity contribution >= 4 is 6.09 Å². The summed E-state index contributed by atoms with van der Waals surface area (Å²) in [6.07, 6.45) is 0.306. The summed E-state index contributed by atoms with van der Waals surface area (Å²) in [6.45, 7) is 5.49. The first kappa shape index (κ1) is 16.6. The average molecular weight is 312 g/mol. The highest BCUT2D eigenvalue weighted by molar-refractivity contribution is 5.68. The highest BCUT2D eigenvalue weighted by Gasteiger charge is 2.50. The van der Waals surface area contributed by atoms with Gasteiger partial charge in [-0.05, 0) is 45.7 Å². The van der Waals surface area contributed by atoms with Gasteiger partial charge in [0, 0.05) is 25.2 Å². The van der Waals surface area contributed by atoms with Crippen LogP contribution in [0.25, 0.3) is 0 Å². The van der Waals surface area contributed by atoms with Crippen LogP contribution in [0.5, 0.6) is 0 Å². The lowest BCUT2D eigenvalue weighted by Crippen LogP contribution is -2.52. The van der Waals surface area contributed by atoms with Crippen molar-refractivity contribution in [2.45, 2.75) is 50.8 Å². The number of rotatable bonds is 3. The second-order valence-electron chi connectivity index (χ2n) is 6.96. The van der Waals surface area contributed by atoms with Crippen LogP contribution in [-0.4, -0.2) is 41.3 Å². The molecule has 0 radical (unpaired) electrons. The number of hydrogen-bond donors (Lipinski definition) is 0. The first-order valence-corrected chi connectivity index (χ1v) is 7.32. The fourth-order valence-electron chi connectivity index (χ4n) is 2.82. The largest absolute Gasteiger partial charge is 0.444 e. The molecule has 1 saturated carbocycles.